The standard InChI is InChI=1S/C16H14BrNO6S/c1-9-6-10(2-3-12(9)17)25(21,22)18-13-8-15-14(23-4-5-24-15)7-11(13)16(19)20/h2-3,6-8,18H,4-5H2,1H3,(H,19,20). The van der Waals surface area contributed by atoms with Crippen LogP contribution in [0.15, 0.2) is 39.7 Å². The van der Waals surface area contributed by atoms with Crippen LogP contribution in [0.4, 0.5) is 5.69 Å². The number of ether oxygens (including phenoxy) is 2. The summed E-state index contributed by atoms with van der Waals surface area (Å²) in [6.45, 7) is 2.36. The Bertz CT molecular complexity index is 957. The lowest BCUT2D eigenvalue weighted by molar-refractivity contribution is 0.0697. The molecule has 0 fully saturated rings. The van der Waals surface area contributed by atoms with Gasteiger partial charge in [0.15, 0.2) is 11.5 Å². The number of carbonyl (C=O) groups is 1. The van der Waals surface area contributed by atoms with Crippen LogP contribution in [0, 0.1) is 6.92 Å². The van der Waals surface area contributed by atoms with Crippen LogP contribution < -0.4 is 14.2 Å². The molecule has 2 aromatic rings. The Morgan fingerprint density at radius 2 is 1.80 bits per heavy atom. The van der Waals surface area contributed by atoms with E-state index in [0.717, 1.165) is 10.0 Å². The zero-order valence-electron chi connectivity index (χ0n) is 13.1. The minimum absolute atomic E-state index is 0.0272. The molecular formula is C16H14BrNO6S. The summed E-state index contributed by atoms with van der Waals surface area (Å²) in [6.07, 6.45) is 0. The monoisotopic (exact) mass is 427 g/mol. The topological polar surface area (TPSA) is 102 Å². The van der Waals surface area contributed by atoms with Gasteiger partial charge in [0, 0.05) is 16.6 Å². The summed E-state index contributed by atoms with van der Waals surface area (Å²) in [5.74, 6) is -0.714. The van der Waals surface area contributed by atoms with Gasteiger partial charge < -0.3 is 14.6 Å². The second kappa shape index (κ2) is 6.57. The van der Waals surface area contributed by atoms with Gasteiger partial charge in [-0.15, -0.1) is 0 Å². The molecule has 25 heavy (non-hydrogen) atoms. The fourth-order valence-corrected chi connectivity index (χ4v) is 3.74. The number of aromatic carboxylic acids is 1. The number of rotatable bonds is 4. The average molecular weight is 428 g/mol. The summed E-state index contributed by atoms with van der Waals surface area (Å²) in [5.41, 5.74) is 0.433. The number of anilines is 1. The molecule has 0 radical (unpaired) electrons. The van der Waals surface area contributed by atoms with Crippen LogP contribution in [0.3, 0.4) is 0 Å². The zero-order chi connectivity index (χ0) is 18.2. The van der Waals surface area contributed by atoms with Crippen molar-refractivity contribution in [3.8, 4) is 11.5 Å². The first-order valence-electron chi connectivity index (χ1n) is 7.24. The Hall–Kier alpha value is -2.26. The van der Waals surface area contributed by atoms with Crippen LogP contribution in [0.1, 0.15) is 15.9 Å². The van der Waals surface area contributed by atoms with Crippen molar-refractivity contribution in [2.45, 2.75) is 11.8 Å². The van der Waals surface area contributed by atoms with E-state index in [9.17, 15) is 18.3 Å². The van der Waals surface area contributed by atoms with Gasteiger partial charge in [0.1, 0.15) is 13.2 Å². The normalized spacial score (nSPS) is 13.4. The number of fused-ring (bicyclic) bond motifs is 1. The van der Waals surface area contributed by atoms with Crippen molar-refractivity contribution in [1.82, 2.24) is 0 Å². The van der Waals surface area contributed by atoms with Crippen molar-refractivity contribution < 1.29 is 27.8 Å². The van der Waals surface area contributed by atoms with E-state index in [2.05, 4.69) is 20.7 Å². The zero-order valence-corrected chi connectivity index (χ0v) is 15.5. The number of benzene rings is 2. The molecular weight excluding hydrogens is 414 g/mol. The highest BCUT2D eigenvalue weighted by Gasteiger charge is 2.23. The van der Waals surface area contributed by atoms with Gasteiger partial charge in [-0.25, -0.2) is 13.2 Å². The first kappa shape index (κ1) is 17.6. The molecule has 0 saturated heterocycles. The van der Waals surface area contributed by atoms with E-state index in [4.69, 9.17) is 9.47 Å². The molecule has 3 rings (SSSR count). The van der Waals surface area contributed by atoms with E-state index in [0.29, 0.717) is 19.0 Å². The van der Waals surface area contributed by atoms with Gasteiger partial charge in [-0.3, -0.25) is 4.72 Å². The molecule has 2 aromatic carbocycles. The Labute approximate surface area is 152 Å². The molecule has 0 saturated carbocycles. The molecule has 132 valence electrons. The third-order valence-corrected chi connectivity index (χ3v) is 5.85. The van der Waals surface area contributed by atoms with E-state index in [-0.39, 0.29) is 21.9 Å². The summed E-state index contributed by atoms with van der Waals surface area (Å²) in [4.78, 5) is 11.5. The number of halogens is 1. The summed E-state index contributed by atoms with van der Waals surface area (Å²) < 4.78 is 39.1. The second-order valence-corrected chi connectivity index (χ2v) is 7.90. The summed E-state index contributed by atoms with van der Waals surface area (Å²) in [5, 5.41) is 9.38. The first-order valence-corrected chi connectivity index (χ1v) is 9.51. The van der Waals surface area contributed by atoms with Crippen molar-refractivity contribution >= 4 is 37.6 Å². The summed E-state index contributed by atoms with van der Waals surface area (Å²) in [6, 6.07) is 7.11. The molecule has 1 aliphatic heterocycles. The number of hydrogen-bond acceptors (Lipinski definition) is 5. The SMILES string of the molecule is Cc1cc(S(=O)(=O)Nc2cc3c(cc2C(=O)O)OCCO3)ccc1Br. The third-order valence-electron chi connectivity index (χ3n) is 3.60. The minimum atomic E-state index is -3.97. The highest BCUT2D eigenvalue weighted by molar-refractivity contribution is 9.10. The number of sulfonamides is 1. The average Bonchev–Trinajstić information content (AvgIpc) is 2.56. The van der Waals surface area contributed by atoms with E-state index >= 15 is 0 Å². The Morgan fingerprint density at radius 3 is 2.40 bits per heavy atom. The molecule has 1 heterocycles. The number of hydrogen-bond donors (Lipinski definition) is 2. The molecule has 9 heteroatoms. The van der Waals surface area contributed by atoms with Crippen molar-refractivity contribution in [3.05, 3.63) is 45.9 Å². The molecule has 0 unspecified atom stereocenters. The van der Waals surface area contributed by atoms with Crippen LogP contribution in [0.2, 0.25) is 0 Å². The number of carboxylic acids is 1. The van der Waals surface area contributed by atoms with E-state index in [1.165, 1.54) is 24.3 Å². The maximum absolute atomic E-state index is 12.6. The fourth-order valence-electron chi connectivity index (χ4n) is 2.34. The largest absolute Gasteiger partial charge is 0.486 e. The van der Waals surface area contributed by atoms with Crippen molar-refractivity contribution in [3.63, 3.8) is 0 Å². The van der Waals surface area contributed by atoms with Gasteiger partial charge in [0.05, 0.1) is 16.1 Å². The summed E-state index contributed by atoms with van der Waals surface area (Å²) in [7, 11) is -3.97. The second-order valence-electron chi connectivity index (χ2n) is 5.36. The molecule has 7 nitrogen and oxygen atoms in total. The highest BCUT2D eigenvalue weighted by Crippen LogP contribution is 2.36. The fraction of sp³-hybridized carbons (Fsp3) is 0.188. The van der Waals surface area contributed by atoms with Crippen molar-refractivity contribution in [2.75, 3.05) is 17.9 Å². The third kappa shape index (κ3) is 3.57. The lowest BCUT2D eigenvalue weighted by atomic mass is 10.1. The van der Waals surface area contributed by atoms with Gasteiger partial charge in [-0.1, -0.05) is 15.9 Å². The maximum Gasteiger partial charge on any atom is 0.337 e. The number of carboxylic acid groups (broad SMARTS) is 1. The van der Waals surface area contributed by atoms with Crippen LogP contribution in [-0.4, -0.2) is 32.7 Å². The van der Waals surface area contributed by atoms with Gasteiger partial charge in [-0.05, 0) is 30.7 Å². The number of nitrogens with one attached hydrogen (secondary N) is 1. The molecule has 0 atom stereocenters. The van der Waals surface area contributed by atoms with Gasteiger partial charge in [0.2, 0.25) is 0 Å². The maximum atomic E-state index is 12.6. The van der Waals surface area contributed by atoms with Gasteiger partial charge >= 0.3 is 5.97 Å². The Morgan fingerprint density at radius 1 is 1.16 bits per heavy atom. The molecule has 0 aromatic heterocycles. The lowest BCUT2D eigenvalue weighted by Gasteiger charge is -2.20. The predicted octanol–water partition coefficient (Wildman–Crippen LogP) is 3.03. The first-order chi connectivity index (χ1) is 11.8. The molecule has 0 spiro atoms. The van der Waals surface area contributed by atoms with Crippen molar-refractivity contribution in [2.24, 2.45) is 0 Å². The lowest BCUT2D eigenvalue weighted by Crippen LogP contribution is -2.19. The Balaban J connectivity index is 2.03. The molecule has 0 amide bonds. The van der Waals surface area contributed by atoms with E-state index in [1.807, 2.05) is 0 Å². The van der Waals surface area contributed by atoms with Crippen LogP contribution in [0.25, 0.3) is 0 Å². The number of aryl methyl sites for hydroxylation is 1. The Kier molecular flexibility index (Phi) is 4.61. The summed E-state index contributed by atoms with van der Waals surface area (Å²) >= 11 is 3.31. The van der Waals surface area contributed by atoms with Crippen LogP contribution in [0.5, 0.6) is 11.5 Å². The minimum Gasteiger partial charge on any atom is -0.486 e. The molecule has 0 aliphatic carbocycles. The predicted molar refractivity (Wildman–Crippen MR) is 94.1 cm³/mol. The molecule has 1 aliphatic rings. The molecule has 0 bridgehead atoms. The highest BCUT2D eigenvalue weighted by atomic mass is 79.9. The van der Waals surface area contributed by atoms with Crippen LogP contribution in [-0.2, 0) is 10.0 Å². The van der Waals surface area contributed by atoms with Crippen molar-refractivity contribution in [1.29, 1.82) is 0 Å². The smallest absolute Gasteiger partial charge is 0.337 e. The van der Waals surface area contributed by atoms with E-state index < -0.39 is 16.0 Å². The van der Waals surface area contributed by atoms with Gasteiger partial charge in [0.25, 0.3) is 10.0 Å². The van der Waals surface area contributed by atoms with Gasteiger partial charge in [-0.2, -0.15) is 0 Å². The quantitative estimate of drug-likeness (QED) is 0.777. The van der Waals surface area contributed by atoms with E-state index in [1.54, 1.807) is 13.0 Å². The van der Waals surface area contributed by atoms with Crippen LogP contribution >= 0.6 is 15.9 Å². The molecule has 2 N–H and O–H groups in total.